The Kier molecular flexibility index (Phi) is 4.83. The fraction of sp³-hybridized carbons (Fsp3) is 0.562. The summed E-state index contributed by atoms with van der Waals surface area (Å²) in [5.41, 5.74) is 1.05. The van der Waals surface area contributed by atoms with Crippen LogP contribution in [0.15, 0.2) is 24.3 Å². The van der Waals surface area contributed by atoms with Gasteiger partial charge in [-0.2, -0.15) is 0 Å². The lowest BCUT2D eigenvalue weighted by Gasteiger charge is -2.26. The Balaban J connectivity index is 1.83. The topological polar surface area (TPSA) is 46.5 Å². The molecule has 1 aliphatic carbocycles. The number of hydrogen-bond acceptors (Lipinski definition) is 2. The van der Waals surface area contributed by atoms with Crippen LogP contribution in [0.5, 0.6) is 5.75 Å². The van der Waals surface area contributed by atoms with Gasteiger partial charge in [-0.15, -0.1) is 0 Å². The molecule has 0 aromatic heterocycles. The number of benzene rings is 1. The van der Waals surface area contributed by atoms with E-state index in [4.69, 9.17) is 9.84 Å². The number of carbonyl (C=O) groups is 1. The smallest absolute Gasteiger partial charge is 0.303 e. The molecule has 1 aliphatic rings. The minimum absolute atomic E-state index is 0.181. The number of carboxylic acids is 1. The largest absolute Gasteiger partial charge is 0.490 e. The van der Waals surface area contributed by atoms with E-state index in [0.717, 1.165) is 30.1 Å². The minimum Gasteiger partial charge on any atom is -0.490 e. The minimum atomic E-state index is -0.753. The molecular formula is C16H22O3. The van der Waals surface area contributed by atoms with Crippen LogP contribution < -0.4 is 4.74 Å². The summed E-state index contributed by atoms with van der Waals surface area (Å²) in [6.07, 6.45) is 5.89. The van der Waals surface area contributed by atoms with Gasteiger partial charge < -0.3 is 9.84 Å². The number of aryl methyl sites for hydroxylation is 1. The van der Waals surface area contributed by atoms with Gasteiger partial charge >= 0.3 is 5.97 Å². The summed E-state index contributed by atoms with van der Waals surface area (Å²) >= 11 is 0. The van der Waals surface area contributed by atoms with Gasteiger partial charge in [0.2, 0.25) is 0 Å². The number of carboxylic acid groups (broad SMARTS) is 1. The summed E-state index contributed by atoms with van der Waals surface area (Å²) in [5, 5.41) is 8.64. The predicted molar refractivity (Wildman–Crippen MR) is 74.4 cm³/mol. The molecule has 3 nitrogen and oxygen atoms in total. The van der Waals surface area contributed by atoms with Crippen LogP contribution in [0, 0.1) is 5.92 Å². The highest BCUT2D eigenvalue weighted by Gasteiger charge is 2.19. The third-order valence-electron chi connectivity index (χ3n) is 3.82. The summed E-state index contributed by atoms with van der Waals surface area (Å²) in [7, 11) is 0. The van der Waals surface area contributed by atoms with Crippen molar-refractivity contribution in [3.63, 3.8) is 0 Å². The van der Waals surface area contributed by atoms with Gasteiger partial charge in [-0.05, 0) is 55.7 Å². The fourth-order valence-electron chi connectivity index (χ4n) is 2.53. The van der Waals surface area contributed by atoms with Crippen LogP contribution in [-0.2, 0) is 11.2 Å². The first-order chi connectivity index (χ1) is 9.13. The van der Waals surface area contributed by atoms with E-state index in [9.17, 15) is 4.79 Å². The lowest BCUT2D eigenvalue weighted by Crippen LogP contribution is -2.22. The molecular weight excluding hydrogens is 240 g/mol. The van der Waals surface area contributed by atoms with Crippen molar-refractivity contribution in [2.24, 2.45) is 5.92 Å². The number of aliphatic carboxylic acids is 1. The summed E-state index contributed by atoms with van der Waals surface area (Å²) in [6, 6.07) is 7.83. The first-order valence-electron chi connectivity index (χ1n) is 7.11. The van der Waals surface area contributed by atoms with E-state index in [1.165, 1.54) is 12.8 Å². The second-order valence-corrected chi connectivity index (χ2v) is 5.54. The van der Waals surface area contributed by atoms with E-state index < -0.39 is 5.97 Å². The SMILES string of the molecule is CC1CCC(Oc2ccc(CCC(=O)O)cc2)CC1. The molecule has 1 saturated carbocycles. The molecule has 3 heteroatoms. The van der Waals surface area contributed by atoms with Crippen LogP contribution in [0.1, 0.15) is 44.6 Å². The maximum atomic E-state index is 10.5. The van der Waals surface area contributed by atoms with E-state index >= 15 is 0 Å². The zero-order valence-electron chi connectivity index (χ0n) is 11.5. The van der Waals surface area contributed by atoms with Gasteiger partial charge in [0, 0.05) is 6.42 Å². The van der Waals surface area contributed by atoms with E-state index in [1.807, 2.05) is 24.3 Å². The molecule has 2 rings (SSSR count). The quantitative estimate of drug-likeness (QED) is 0.880. The maximum Gasteiger partial charge on any atom is 0.303 e. The van der Waals surface area contributed by atoms with Crippen molar-refractivity contribution < 1.29 is 14.6 Å². The van der Waals surface area contributed by atoms with Crippen molar-refractivity contribution in [1.82, 2.24) is 0 Å². The van der Waals surface area contributed by atoms with Crippen LogP contribution in [0.3, 0.4) is 0 Å². The maximum absolute atomic E-state index is 10.5. The lowest BCUT2D eigenvalue weighted by atomic mass is 9.89. The normalized spacial score (nSPS) is 23.0. The molecule has 104 valence electrons. The first-order valence-corrected chi connectivity index (χ1v) is 7.11. The Morgan fingerprint density at radius 1 is 1.21 bits per heavy atom. The monoisotopic (exact) mass is 262 g/mol. The van der Waals surface area contributed by atoms with Crippen LogP contribution in [0.4, 0.5) is 0 Å². The zero-order valence-corrected chi connectivity index (χ0v) is 11.5. The average molecular weight is 262 g/mol. The van der Waals surface area contributed by atoms with Crippen molar-refractivity contribution in [3.8, 4) is 5.75 Å². The van der Waals surface area contributed by atoms with Crippen LogP contribution in [0.25, 0.3) is 0 Å². The fourth-order valence-corrected chi connectivity index (χ4v) is 2.53. The number of hydrogen-bond donors (Lipinski definition) is 1. The van der Waals surface area contributed by atoms with Gasteiger partial charge in [-0.1, -0.05) is 19.1 Å². The van der Waals surface area contributed by atoms with E-state index in [0.29, 0.717) is 12.5 Å². The Hall–Kier alpha value is -1.51. The van der Waals surface area contributed by atoms with Gasteiger partial charge in [0.25, 0.3) is 0 Å². The average Bonchev–Trinajstić information content (AvgIpc) is 2.40. The third kappa shape index (κ3) is 4.58. The second-order valence-electron chi connectivity index (χ2n) is 5.54. The molecule has 0 amide bonds. The summed E-state index contributed by atoms with van der Waals surface area (Å²) in [5.74, 6) is 0.980. The van der Waals surface area contributed by atoms with Gasteiger partial charge in [0.1, 0.15) is 5.75 Å². The number of rotatable bonds is 5. The highest BCUT2D eigenvalue weighted by Crippen LogP contribution is 2.27. The van der Waals surface area contributed by atoms with Crippen LogP contribution >= 0.6 is 0 Å². The Morgan fingerprint density at radius 3 is 2.42 bits per heavy atom. The molecule has 1 aromatic rings. The lowest BCUT2D eigenvalue weighted by molar-refractivity contribution is -0.136. The van der Waals surface area contributed by atoms with Gasteiger partial charge in [0.15, 0.2) is 0 Å². The molecule has 0 atom stereocenters. The molecule has 0 spiro atoms. The molecule has 1 fully saturated rings. The number of ether oxygens (including phenoxy) is 1. The Morgan fingerprint density at radius 2 is 1.84 bits per heavy atom. The Labute approximate surface area is 114 Å². The predicted octanol–water partition coefficient (Wildman–Crippen LogP) is 3.66. The van der Waals surface area contributed by atoms with Crippen LogP contribution in [-0.4, -0.2) is 17.2 Å². The molecule has 0 radical (unpaired) electrons. The molecule has 0 aliphatic heterocycles. The van der Waals surface area contributed by atoms with Crippen LogP contribution in [0.2, 0.25) is 0 Å². The third-order valence-corrected chi connectivity index (χ3v) is 3.82. The molecule has 0 bridgehead atoms. The first kappa shape index (κ1) is 13.9. The molecule has 0 unspecified atom stereocenters. The van der Waals surface area contributed by atoms with E-state index in [2.05, 4.69) is 6.92 Å². The highest BCUT2D eigenvalue weighted by molar-refractivity contribution is 5.67. The van der Waals surface area contributed by atoms with Crippen molar-refractivity contribution in [2.45, 2.75) is 51.6 Å². The van der Waals surface area contributed by atoms with Gasteiger partial charge in [0.05, 0.1) is 6.10 Å². The molecule has 19 heavy (non-hydrogen) atoms. The van der Waals surface area contributed by atoms with E-state index in [-0.39, 0.29) is 6.42 Å². The molecule has 1 N–H and O–H groups in total. The Bertz CT molecular complexity index is 403. The molecule has 0 heterocycles. The van der Waals surface area contributed by atoms with Gasteiger partial charge in [-0.3, -0.25) is 4.79 Å². The zero-order chi connectivity index (χ0) is 13.7. The van der Waals surface area contributed by atoms with Crippen molar-refractivity contribution in [3.05, 3.63) is 29.8 Å². The van der Waals surface area contributed by atoms with Crippen molar-refractivity contribution in [1.29, 1.82) is 0 Å². The van der Waals surface area contributed by atoms with Crippen molar-refractivity contribution in [2.75, 3.05) is 0 Å². The molecule has 0 saturated heterocycles. The van der Waals surface area contributed by atoms with Gasteiger partial charge in [-0.25, -0.2) is 0 Å². The molecule has 1 aromatic carbocycles. The summed E-state index contributed by atoms with van der Waals surface area (Å²) in [6.45, 7) is 2.30. The second kappa shape index (κ2) is 6.60. The summed E-state index contributed by atoms with van der Waals surface area (Å²) in [4.78, 5) is 10.5. The summed E-state index contributed by atoms with van der Waals surface area (Å²) < 4.78 is 5.97. The standard InChI is InChI=1S/C16H22O3/c1-12-2-7-14(8-3-12)19-15-9-4-13(5-10-15)6-11-16(17)18/h4-5,9-10,12,14H,2-3,6-8,11H2,1H3,(H,17,18). The van der Waals surface area contributed by atoms with Crippen molar-refractivity contribution >= 4 is 5.97 Å². The van der Waals surface area contributed by atoms with E-state index in [1.54, 1.807) is 0 Å². The highest BCUT2D eigenvalue weighted by atomic mass is 16.5.